The molecule has 0 atom stereocenters. The molecule has 0 spiro atoms. The van der Waals surface area contributed by atoms with Crippen LogP contribution in [0.3, 0.4) is 0 Å². The van der Waals surface area contributed by atoms with Gasteiger partial charge in [0.15, 0.2) is 5.78 Å². The van der Waals surface area contributed by atoms with Crippen molar-refractivity contribution in [2.45, 2.75) is 20.8 Å². The fourth-order valence-electron chi connectivity index (χ4n) is 0. The molecule has 3 nitrogen and oxygen atoms in total. The van der Waals surface area contributed by atoms with Crippen LogP contribution in [0.1, 0.15) is 20.8 Å². The average Bonchev–Trinajstić information content (AvgIpc) is 1.65. The van der Waals surface area contributed by atoms with E-state index in [1.54, 1.807) is 0 Å². The van der Waals surface area contributed by atoms with E-state index in [0.717, 1.165) is 0 Å². The van der Waals surface area contributed by atoms with Gasteiger partial charge in [-0.2, -0.15) is 0 Å². The molecule has 0 aromatic rings. The summed E-state index contributed by atoms with van der Waals surface area (Å²) in [4.78, 5) is 19.0. The Hall–Kier alpha value is -0.700. The number of Topliss-reactive ketones (excluding diaryl/α,β-unsaturated/α-hetero) is 2. The van der Waals surface area contributed by atoms with Crippen molar-refractivity contribution in [2.24, 2.45) is 0 Å². The highest BCUT2D eigenvalue weighted by Crippen LogP contribution is 1.55. The number of aliphatic hydroxyl groups is 1. The molecule has 0 aliphatic rings. The van der Waals surface area contributed by atoms with E-state index in [2.05, 4.69) is 0 Å². The molecule has 0 amide bonds. The van der Waals surface area contributed by atoms with Crippen molar-refractivity contribution in [1.29, 1.82) is 0 Å². The summed E-state index contributed by atoms with van der Waals surface area (Å²) in [6.45, 7) is 4.06. The van der Waals surface area contributed by atoms with Gasteiger partial charge in [-0.1, -0.05) is 0 Å². The summed E-state index contributed by atoms with van der Waals surface area (Å²) in [5.41, 5.74) is 0. The Kier molecular flexibility index (Phi) is 9.04. The Labute approximate surface area is 54.7 Å². The van der Waals surface area contributed by atoms with Gasteiger partial charge in [0.1, 0.15) is 12.4 Å². The molecule has 3 heteroatoms. The third-order valence-electron chi connectivity index (χ3n) is 0.223. The molecule has 0 aliphatic heterocycles. The molecule has 0 saturated carbocycles. The number of hydrogen-bond donors (Lipinski definition) is 1. The molecular formula is C6H12O3. The van der Waals surface area contributed by atoms with Gasteiger partial charge >= 0.3 is 0 Å². The number of carbonyl (C=O) groups excluding carboxylic acids is 2. The molecule has 1 N–H and O–H groups in total. The van der Waals surface area contributed by atoms with Gasteiger partial charge < -0.3 is 9.90 Å². The van der Waals surface area contributed by atoms with E-state index < -0.39 is 0 Å². The molecule has 0 fully saturated rings. The lowest BCUT2D eigenvalue weighted by molar-refractivity contribution is -0.119. The fourth-order valence-corrected chi connectivity index (χ4v) is 0. The predicted octanol–water partition coefficient (Wildman–Crippen LogP) is 0.163. The zero-order chi connectivity index (χ0) is 7.86. The third-order valence-corrected chi connectivity index (χ3v) is 0.223. The van der Waals surface area contributed by atoms with Gasteiger partial charge in [0, 0.05) is 0 Å². The molecule has 0 saturated heterocycles. The summed E-state index contributed by atoms with van der Waals surface area (Å²) in [5, 5.41) is 7.79. The molecule has 0 radical (unpaired) electrons. The molecule has 54 valence electrons. The summed E-state index contributed by atoms with van der Waals surface area (Å²) < 4.78 is 0. The number of ketones is 2. The maximum absolute atomic E-state index is 9.56. The van der Waals surface area contributed by atoms with Crippen molar-refractivity contribution in [3.63, 3.8) is 0 Å². The van der Waals surface area contributed by atoms with E-state index in [-0.39, 0.29) is 18.2 Å². The molecule has 9 heavy (non-hydrogen) atoms. The summed E-state index contributed by atoms with van der Waals surface area (Å²) in [7, 11) is 0. The second-order valence-electron chi connectivity index (χ2n) is 1.77. The second-order valence-corrected chi connectivity index (χ2v) is 1.77. The van der Waals surface area contributed by atoms with Gasteiger partial charge in [-0.3, -0.25) is 4.79 Å². The van der Waals surface area contributed by atoms with E-state index >= 15 is 0 Å². The topological polar surface area (TPSA) is 54.4 Å². The second kappa shape index (κ2) is 7.30. The van der Waals surface area contributed by atoms with Gasteiger partial charge in [-0.25, -0.2) is 0 Å². The summed E-state index contributed by atoms with van der Waals surface area (Å²) in [6.07, 6.45) is 0. The van der Waals surface area contributed by atoms with E-state index in [4.69, 9.17) is 5.11 Å². The van der Waals surface area contributed by atoms with E-state index in [0.29, 0.717) is 0 Å². The Morgan fingerprint density at radius 2 is 1.33 bits per heavy atom. The molecular weight excluding hydrogens is 120 g/mol. The molecule has 0 rings (SSSR count). The van der Waals surface area contributed by atoms with Gasteiger partial charge in [0.2, 0.25) is 0 Å². The fraction of sp³-hybridized carbons (Fsp3) is 0.667. The minimum absolute atomic E-state index is 0.167. The maximum Gasteiger partial charge on any atom is 0.155 e. The first-order chi connectivity index (χ1) is 4.00. The van der Waals surface area contributed by atoms with Gasteiger partial charge in [0.25, 0.3) is 0 Å². The lowest BCUT2D eigenvalue weighted by atomic mass is 10.5. The van der Waals surface area contributed by atoms with Crippen LogP contribution in [0.15, 0.2) is 0 Å². The summed E-state index contributed by atoms with van der Waals surface area (Å²) in [6, 6.07) is 0. The lowest BCUT2D eigenvalue weighted by Gasteiger charge is -1.72. The van der Waals surface area contributed by atoms with Gasteiger partial charge in [-0.05, 0) is 20.8 Å². The first kappa shape index (κ1) is 11.1. The Morgan fingerprint density at radius 1 is 1.22 bits per heavy atom. The van der Waals surface area contributed by atoms with E-state index in [9.17, 15) is 9.59 Å². The molecule has 0 aromatic heterocycles. The van der Waals surface area contributed by atoms with Crippen molar-refractivity contribution in [3.05, 3.63) is 0 Å². The van der Waals surface area contributed by atoms with Crippen LogP contribution >= 0.6 is 0 Å². The third kappa shape index (κ3) is 121. The summed E-state index contributed by atoms with van der Waals surface area (Å²) >= 11 is 0. The lowest BCUT2D eigenvalue weighted by Crippen LogP contribution is -1.93. The molecule has 0 heterocycles. The van der Waals surface area contributed by atoms with E-state index in [1.807, 2.05) is 0 Å². The van der Waals surface area contributed by atoms with Crippen LogP contribution in [0.4, 0.5) is 0 Å². The van der Waals surface area contributed by atoms with Crippen LogP contribution in [0, 0.1) is 0 Å². The molecule has 0 unspecified atom stereocenters. The largest absolute Gasteiger partial charge is 0.389 e. The van der Waals surface area contributed by atoms with Crippen molar-refractivity contribution < 1.29 is 14.7 Å². The normalized spacial score (nSPS) is 7.11. The highest BCUT2D eigenvalue weighted by Gasteiger charge is 1.78. The zero-order valence-corrected chi connectivity index (χ0v) is 5.97. The minimum Gasteiger partial charge on any atom is -0.389 e. The highest BCUT2D eigenvalue weighted by atomic mass is 16.3. The monoisotopic (exact) mass is 132 g/mol. The molecule has 0 bridgehead atoms. The number of rotatable bonds is 1. The minimum atomic E-state index is -0.333. The van der Waals surface area contributed by atoms with E-state index in [1.165, 1.54) is 20.8 Å². The van der Waals surface area contributed by atoms with Gasteiger partial charge in [0.05, 0.1) is 0 Å². The van der Waals surface area contributed by atoms with Crippen LogP contribution in [-0.4, -0.2) is 23.3 Å². The Balaban J connectivity index is 0. The quantitative estimate of drug-likeness (QED) is 0.553. The molecule has 0 aliphatic carbocycles. The van der Waals surface area contributed by atoms with Crippen LogP contribution in [0.5, 0.6) is 0 Å². The smallest absolute Gasteiger partial charge is 0.155 e. The van der Waals surface area contributed by atoms with Crippen molar-refractivity contribution in [1.82, 2.24) is 0 Å². The SMILES string of the molecule is CC(=O)CO.CC(C)=O. The number of aliphatic hydroxyl groups excluding tert-OH is 1. The van der Waals surface area contributed by atoms with Crippen LogP contribution in [0.2, 0.25) is 0 Å². The first-order valence-corrected chi connectivity index (χ1v) is 2.58. The van der Waals surface area contributed by atoms with Crippen molar-refractivity contribution >= 4 is 11.6 Å². The maximum atomic E-state index is 9.56. The van der Waals surface area contributed by atoms with Crippen molar-refractivity contribution in [2.75, 3.05) is 6.61 Å². The zero-order valence-electron chi connectivity index (χ0n) is 5.97. The first-order valence-electron chi connectivity index (χ1n) is 2.58. The number of carbonyl (C=O) groups is 2. The molecule has 0 aromatic carbocycles. The number of hydrogen-bond acceptors (Lipinski definition) is 3. The standard InChI is InChI=1S/C3H6O2.C3H6O/c1-3(5)2-4;1-3(2)4/h4H,2H2,1H3;1-2H3. The Bertz CT molecular complexity index is 92.5. The predicted molar refractivity (Wildman–Crippen MR) is 34.1 cm³/mol. The van der Waals surface area contributed by atoms with Crippen LogP contribution in [0.25, 0.3) is 0 Å². The average molecular weight is 132 g/mol. The van der Waals surface area contributed by atoms with Gasteiger partial charge in [-0.15, -0.1) is 0 Å². The summed E-state index contributed by atoms with van der Waals surface area (Å²) in [5.74, 6) is -0.0231. The Morgan fingerprint density at radius 3 is 1.33 bits per heavy atom. The van der Waals surface area contributed by atoms with Crippen LogP contribution in [-0.2, 0) is 9.59 Å². The van der Waals surface area contributed by atoms with Crippen molar-refractivity contribution in [3.8, 4) is 0 Å². The van der Waals surface area contributed by atoms with Crippen LogP contribution < -0.4 is 0 Å². The highest BCUT2D eigenvalue weighted by molar-refractivity contribution is 5.76.